The number of halogens is 1. The lowest BCUT2D eigenvalue weighted by molar-refractivity contribution is 0.0497. The first kappa shape index (κ1) is 14.0. The van der Waals surface area contributed by atoms with Crippen LogP contribution in [0.3, 0.4) is 0 Å². The van der Waals surface area contributed by atoms with Crippen molar-refractivity contribution in [3.05, 3.63) is 22.8 Å². The monoisotopic (exact) mass is 261 g/mol. The van der Waals surface area contributed by atoms with Crippen LogP contribution >= 0.6 is 11.6 Å². The van der Waals surface area contributed by atoms with E-state index in [1.807, 2.05) is 13.8 Å². The zero-order chi connectivity index (χ0) is 12.8. The van der Waals surface area contributed by atoms with Crippen molar-refractivity contribution in [3.63, 3.8) is 0 Å². The molecule has 0 spiro atoms. The van der Waals surface area contributed by atoms with Crippen LogP contribution in [0.25, 0.3) is 0 Å². The van der Waals surface area contributed by atoms with Crippen LogP contribution in [-0.2, 0) is 9.47 Å². The van der Waals surface area contributed by atoms with Gasteiger partial charge in [0.25, 0.3) is 0 Å². The number of nitrogens with zero attached hydrogens (tertiary/aromatic N) is 1. The number of allylic oxidation sites excluding steroid dienone is 1. The predicted octanol–water partition coefficient (Wildman–Crippen LogP) is 0.910. The van der Waals surface area contributed by atoms with E-state index in [4.69, 9.17) is 32.5 Å². The zero-order valence-electron chi connectivity index (χ0n) is 10.3. The lowest BCUT2D eigenvalue weighted by Crippen LogP contribution is -2.37. The third-order valence-electron chi connectivity index (χ3n) is 2.24. The second-order valence-electron chi connectivity index (χ2n) is 4.04. The van der Waals surface area contributed by atoms with Crippen molar-refractivity contribution in [1.29, 1.82) is 0 Å². The molecule has 1 heterocycles. The van der Waals surface area contributed by atoms with E-state index in [2.05, 4.69) is 4.90 Å². The van der Waals surface area contributed by atoms with E-state index in [1.54, 1.807) is 6.08 Å². The van der Waals surface area contributed by atoms with Crippen molar-refractivity contribution >= 4 is 11.6 Å². The van der Waals surface area contributed by atoms with E-state index in [0.717, 1.165) is 18.8 Å². The summed E-state index contributed by atoms with van der Waals surface area (Å²) in [6.07, 6.45) is 1.63. The molecule has 0 unspecified atom stereocenters. The summed E-state index contributed by atoms with van der Waals surface area (Å²) in [7, 11) is 0. The first-order valence-corrected chi connectivity index (χ1v) is 6.00. The van der Waals surface area contributed by atoms with Gasteiger partial charge in [-0.15, -0.1) is 0 Å². The van der Waals surface area contributed by atoms with Crippen LogP contribution in [0.15, 0.2) is 22.8 Å². The fourth-order valence-electron chi connectivity index (χ4n) is 1.57. The van der Waals surface area contributed by atoms with E-state index in [1.165, 1.54) is 0 Å². The summed E-state index contributed by atoms with van der Waals surface area (Å²) in [6, 6.07) is 0. The van der Waals surface area contributed by atoms with Crippen molar-refractivity contribution in [2.45, 2.75) is 20.0 Å². The molecule has 98 valence electrons. The number of morpholine rings is 1. The third kappa shape index (κ3) is 4.75. The Morgan fingerprint density at radius 2 is 1.94 bits per heavy atom. The maximum Gasteiger partial charge on any atom is 0.208 e. The van der Waals surface area contributed by atoms with Gasteiger partial charge in [-0.25, -0.2) is 0 Å². The Bertz CT molecular complexity index is 306. The summed E-state index contributed by atoms with van der Waals surface area (Å²) in [5, 5.41) is 0.182. The largest absolute Gasteiger partial charge is 0.475 e. The van der Waals surface area contributed by atoms with Gasteiger partial charge >= 0.3 is 0 Å². The SMILES string of the molecule is CC(C)O/C(N)=C(/C=C(\N)Cl)N1CCOCC1. The molecule has 0 aromatic rings. The average Bonchev–Trinajstić information content (AvgIpc) is 2.25. The quantitative estimate of drug-likeness (QED) is 0.447. The summed E-state index contributed by atoms with van der Waals surface area (Å²) in [4.78, 5) is 2.05. The second kappa shape index (κ2) is 6.61. The smallest absolute Gasteiger partial charge is 0.208 e. The van der Waals surface area contributed by atoms with Gasteiger partial charge in [-0.3, -0.25) is 0 Å². The fourth-order valence-corrected chi connectivity index (χ4v) is 1.67. The molecule has 0 radical (unpaired) electrons. The fraction of sp³-hybridized carbons (Fsp3) is 0.636. The highest BCUT2D eigenvalue weighted by molar-refractivity contribution is 6.29. The molecule has 1 rings (SSSR count). The van der Waals surface area contributed by atoms with Gasteiger partial charge in [0, 0.05) is 19.2 Å². The van der Waals surface area contributed by atoms with Crippen LogP contribution in [0.1, 0.15) is 13.8 Å². The minimum absolute atomic E-state index is 0.0102. The Kier molecular flexibility index (Phi) is 5.44. The molecule has 1 saturated heterocycles. The molecule has 0 bridgehead atoms. The highest BCUT2D eigenvalue weighted by Gasteiger charge is 2.16. The Morgan fingerprint density at radius 3 is 2.41 bits per heavy atom. The minimum Gasteiger partial charge on any atom is -0.475 e. The second-order valence-corrected chi connectivity index (χ2v) is 4.48. The van der Waals surface area contributed by atoms with Crippen LogP contribution in [0.5, 0.6) is 0 Å². The van der Waals surface area contributed by atoms with Gasteiger partial charge < -0.3 is 25.8 Å². The summed E-state index contributed by atoms with van der Waals surface area (Å²) in [6.45, 7) is 6.65. The molecule has 5 nitrogen and oxygen atoms in total. The standard InChI is InChI=1S/C11H20ClN3O2/c1-8(2)17-11(14)9(7-10(12)13)15-3-5-16-6-4-15/h7-8H,3-6,13-14H2,1-2H3/b10-7-,11-9-. The number of hydrogen-bond donors (Lipinski definition) is 2. The van der Waals surface area contributed by atoms with Gasteiger partial charge in [0.2, 0.25) is 5.88 Å². The topological polar surface area (TPSA) is 73.7 Å². The van der Waals surface area contributed by atoms with Crippen LogP contribution in [0, 0.1) is 0 Å². The van der Waals surface area contributed by atoms with Crippen molar-refractivity contribution < 1.29 is 9.47 Å². The van der Waals surface area contributed by atoms with Gasteiger partial charge in [0.05, 0.1) is 19.3 Å². The highest BCUT2D eigenvalue weighted by atomic mass is 35.5. The zero-order valence-corrected chi connectivity index (χ0v) is 11.0. The number of hydrogen-bond acceptors (Lipinski definition) is 5. The molecule has 0 aromatic carbocycles. The van der Waals surface area contributed by atoms with Crippen LogP contribution < -0.4 is 11.5 Å². The first-order chi connectivity index (χ1) is 8.00. The van der Waals surface area contributed by atoms with E-state index in [-0.39, 0.29) is 11.3 Å². The molecule has 4 N–H and O–H groups in total. The summed E-state index contributed by atoms with van der Waals surface area (Å²) >= 11 is 5.71. The summed E-state index contributed by atoms with van der Waals surface area (Å²) < 4.78 is 10.8. The normalized spacial score (nSPS) is 19.3. The molecule has 1 fully saturated rings. The van der Waals surface area contributed by atoms with Crippen molar-refractivity contribution in [3.8, 4) is 0 Å². The van der Waals surface area contributed by atoms with Gasteiger partial charge in [0.1, 0.15) is 10.9 Å². The molecule has 17 heavy (non-hydrogen) atoms. The molecule has 1 aliphatic rings. The van der Waals surface area contributed by atoms with Crippen LogP contribution in [-0.4, -0.2) is 37.3 Å². The minimum atomic E-state index is 0.0102. The highest BCUT2D eigenvalue weighted by Crippen LogP contribution is 2.15. The molecule has 6 heteroatoms. The van der Waals surface area contributed by atoms with Crippen molar-refractivity contribution in [2.24, 2.45) is 11.5 Å². The number of nitrogens with two attached hydrogens (primary N) is 2. The van der Waals surface area contributed by atoms with Crippen molar-refractivity contribution in [1.82, 2.24) is 4.90 Å². The Hall–Kier alpha value is -1.07. The maximum absolute atomic E-state index is 5.91. The first-order valence-electron chi connectivity index (χ1n) is 5.62. The van der Waals surface area contributed by atoms with E-state index in [0.29, 0.717) is 19.1 Å². The van der Waals surface area contributed by atoms with Crippen LogP contribution in [0.4, 0.5) is 0 Å². The Morgan fingerprint density at radius 1 is 1.35 bits per heavy atom. The molecular formula is C11H20ClN3O2. The van der Waals surface area contributed by atoms with Gasteiger partial charge in [-0.05, 0) is 13.8 Å². The predicted molar refractivity (Wildman–Crippen MR) is 67.9 cm³/mol. The van der Waals surface area contributed by atoms with E-state index >= 15 is 0 Å². The Balaban J connectivity index is 2.89. The summed E-state index contributed by atoms with van der Waals surface area (Å²) in [5.41, 5.74) is 12.1. The van der Waals surface area contributed by atoms with Gasteiger partial charge in [-0.1, -0.05) is 11.6 Å². The Labute approximate surface area is 107 Å². The van der Waals surface area contributed by atoms with E-state index in [9.17, 15) is 0 Å². The molecule has 0 amide bonds. The molecule has 0 aromatic heterocycles. The molecule has 0 aliphatic carbocycles. The number of ether oxygens (including phenoxy) is 2. The molecule has 0 saturated carbocycles. The van der Waals surface area contributed by atoms with E-state index < -0.39 is 0 Å². The van der Waals surface area contributed by atoms with Gasteiger partial charge in [0.15, 0.2) is 0 Å². The van der Waals surface area contributed by atoms with Crippen LogP contribution in [0.2, 0.25) is 0 Å². The third-order valence-corrected chi connectivity index (χ3v) is 2.35. The lowest BCUT2D eigenvalue weighted by Gasteiger charge is -2.30. The molecule has 1 aliphatic heterocycles. The molecule has 0 atom stereocenters. The lowest BCUT2D eigenvalue weighted by atomic mass is 10.3. The summed E-state index contributed by atoms with van der Waals surface area (Å²) in [5.74, 6) is 0.338. The number of rotatable bonds is 4. The molecular weight excluding hydrogens is 242 g/mol. The average molecular weight is 262 g/mol. The van der Waals surface area contributed by atoms with Gasteiger partial charge in [-0.2, -0.15) is 0 Å². The van der Waals surface area contributed by atoms with Crippen molar-refractivity contribution in [2.75, 3.05) is 26.3 Å². The maximum atomic E-state index is 5.91.